The number of thiophene rings is 1. The Balaban J connectivity index is 2.50. The fourth-order valence-corrected chi connectivity index (χ4v) is 2.39. The number of aldehydes is 1. The lowest BCUT2D eigenvalue weighted by atomic mass is 10.2. The first kappa shape index (κ1) is 10.1. The third-order valence-corrected chi connectivity index (χ3v) is 3.36. The molecule has 2 aromatic rings. The summed E-state index contributed by atoms with van der Waals surface area (Å²) in [5, 5.41) is 0. The lowest BCUT2D eigenvalue weighted by Gasteiger charge is -1.94. The summed E-state index contributed by atoms with van der Waals surface area (Å²) in [5.74, 6) is 1.39. The third-order valence-electron chi connectivity index (χ3n) is 2.15. The minimum absolute atomic E-state index is 0.644. The van der Waals surface area contributed by atoms with Crippen LogP contribution in [-0.2, 0) is 6.42 Å². The Labute approximate surface area is 91.8 Å². The van der Waals surface area contributed by atoms with Crippen molar-refractivity contribution in [2.75, 3.05) is 0 Å². The Morgan fingerprint density at radius 3 is 2.93 bits per heavy atom. The number of oxazole rings is 1. The topological polar surface area (TPSA) is 43.1 Å². The van der Waals surface area contributed by atoms with Gasteiger partial charge in [-0.1, -0.05) is 6.92 Å². The molecule has 0 saturated heterocycles. The molecule has 0 unspecified atom stereocenters. The van der Waals surface area contributed by atoms with Gasteiger partial charge in [-0.05, 0) is 12.5 Å². The zero-order chi connectivity index (χ0) is 10.8. The number of hydrogen-bond donors (Lipinski definition) is 0. The minimum Gasteiger partial charge on any atom is -0.441 e. The maximum Gasteiger partial charge on any atom is 0.191 e. The second kappa shape index (κ2) is 3.98. The fraction of sp³-hybridized carbons (Fsp3) is 0.273. The summed E-state index contributed by atoms with van der Waals surface area (Å²) >= 11 is 1.51. The highest BCUT2D eigenvalue weighted by atomic mass is 32.1. The van der Waals surface area contributed by atoms with Gasteiger partial charge < -0.3 is 4.42 Å². The summed E-state index contributed by atoms with van der Waals surface area (Å²) in [7, 11) is 0. The molecule has 0 fully saturated rings. The second-order valence-corrected chi connectivity index (χ2v) is 4.37. The van der Waals surface area contributed by atoms with Crippen molar-refractivity contribution < 1.29 is 9.21 Å². The Kier molecular flexibility index (Phi) is 2.68. The van der Waals surface area contributed by atoms with Gasteiger partial charge in [-0.25, -0.2) is 4.98 Å². The highest BCUT2D eigenvalue weighted by Crippen LogP contribution is 2.31. The van der Waals surface area contributed by atoms with E-state index in [1.54, 1.807) is 6.20 Å². The molecule has 0 aliphatic rings. The predicted octanol–water partition coefficient (Wildman–Crippen LogP) is 3.09. The number of nitrogens with zero attached hydrogens (tertiary/aromatic N) is 1. The Hall–Kier alpha value is -1.42. The van der Waals surface area contributed by atoms with Crippen LogP contribution in [0, 0.1) is 6.92 Å². The average Bonchev–Trinajstić information content (AvgIpc) is 2.82. The molecule has 0 atom stereocenters. The summed E-state index contributed by atoms with van der Waals surface area (Å²) in [6.45, 7) is 3.87. The van der Waals surface area contributed by atoms with Gasteiger partial charge in [0.15, 0.2) is 17.9 Å². The first-order valence-electron chi connectivity index (χ1n) is 4.75. The van der Waals surface area contributed by atoms with Crippen LogP contribution in [0.1, 0.15) is 27.4 Å². The van der Waals surface area contributed by atoms with Crippen molar-refractivity contribution in [1.82, 2.24) is 4.98 Å². The summed E-state index contributed by atoms with van der Waals surface area (Å²) < 4.78 is 5.45. The molecule has 0 radical (unpaired) electrons. The summed E-state index contributed by atoms with van der Waals surface area (Å²) in [4.78, 5) is 16.6. The molecule has 0 bridgehead atoms. The maximum atomic E-state index is 10.7. The van der Waals surface area contributed by atoms with Crippen LogP contribution in [-0.4, -0.2) is 11.3 Å². The maximum absolute atomic E-state index is 10.7. The molecule has 2 aromatic heterocycles. The molecular weight excluding hydrogens is 210 g/mol. The van der Waals surface area contributed by atoms with Crippen molar-refractivity contribution in [2.24, 2.45) is 0 Å². The quantitative estimate of drug-likeness (QED) is 0.748. The van der Waals surface area contributed by atoms with E-state index in [4.69, 9.17) is 4.42 Å². The Morgan fingerprint density at radius 2 is 2.40 bits per heavy atom. The molecule has 2 heterocycles. The number of aromatic nitrogens is 1. The van der Waals surface area contributed by atoms with Gasteiger partial charge in [-0.15, -0.1) is 11.3 Å². The summed E-state index contributed by atoms with van der Waals surface area (Å²) in [6.07, 6.45) is 3.47. The van der Waals surface area contributed by atoms with Gasteiger partial charge in [0.25, 0.3) is 0 Å². The lowest BCUT2D eigenvalue weighted by Crippen LogP contribution is -1.76. The number of carbonyl (C=O) groups excluding carboxylic acids is 1. The molecule has 0 aliphatic carbocycles. The van der Waals surface area contributed by atoms with Crippen molar-refractivity contribution in [1.29, 1.82) is 0 Å². The first-order chi connectivity index (χ1) is 7.24. The van der Waals surface area contributed by atoms with E-state index in [1.165, 1.54) is 11.3 Å². The van der Waals surface area contributed by atoms with Gasteiger partial charge in [-0.3, -0.25) is 4.79 Å². The second-order valence-electron chi connectivity index (χ2n) is 3.20. The third kappa shape index (κ3) is 1.85. The number of aryl methyl sites for hydroxylation is 2. The highest BCUT2D eigenvalue weighted by Gasteiger charge is 2.12. The first-order valence-corrected chi connectivity index (χ1v) is 5.57. The van der Waals surface area contributed by atoms with Crippen molar-refractivity contribution in [2.45, 2.75) is 20.3 Å². The average molecular weight is 221 g/mol. The van der Waals surface area contributed by atoms with Gasteiger partial charge in [0.05, 0.1) is 11.1 Å². The van der Waals surface area contributed by atoms with Gasteiger partial charge in [0, 0.05) is 17.4 Å². The van der Waals surface area contributed by atoms with Crippen molar-refractivity contribution in [3.63, 3.8) is 0 Å². The molecule has 0 spiro atoms. The largest absolute Gasteiger partial charge is 0.441 e. The molecule has 3 nitrogen and oxygen atoms in total. The Bertz CT molecular complexity index is 484. The molecule has 0 N–H and O–H groups in total. The minimum atomic E-state index is 0.644. The van der Waals surface area contributed by atoms with E-state index in [0.717, 1.165) is 33.8 Å². The van der Waals surface area contributed by atoms with Crippen molar-refractivity contribution >= 4 is 17.6 Å². The zero-order valence-corrected chi connectivity index (χ0v) is 9.43. The monoisotopic (exact) mass is 221 g/mol. The van der Waals surface area contributed by atoms with E-state index < -0.39 is 0 Å². The normalized spacial score (nSPS) is 10.5. The molecule has 2 rings (SSSR count). The van der Waals surface area contributed by atoms with E-state index in [1.807, 2.05) is 13.0 Å². The van der Waals surface area contributed by atoms with Crippen molar-refractivity contribution in [3.05, 3.63) is 27.9 Å². The van der Waals surface area contributed by atoms with Gasteiger partial charge in [-0.2, -0.15) is 0 Å². The molecule has 0 aromatic carbocycles. The number of rotatable bonds is 3. The lowest BCUT2D eigenvalue weighted by molar-refractivity contribution is 0.112. The molecule has 0 amide bonds. The molecule has 78 valence electrons. The number of carbonyl (C=O) groups is 1. The fourth-order valence-electron chi connectivity index (χ4n) is 1.46. The van der Waals surface area contributed by atoms with E-state index in [-0.39, 0.29) is 0 Å². The summed E-state index contributed by atoms with van der Waals surface area (Å²) in [6, 6.07) is 1.86. The predicted molar refractivity (Wildman–Crippen MR) is 59.3 cm³/mol. The van der Waals surface area contributed by atoms with E-state index in [0.29, 0.717) is 5.89 Å². The smallest absolute Gasteiger partial charge is 0.191 e. The Morgan fingerprint density at radius 1 is 1.60 bits per heavy atom. The van der Waals surface area contributed by atoms with Crippen LogP contribution in [0.15, 0.2) is 16.7 Å². The number of hydrogen-bond acceptors (Lipinski definition) is 4. The van der Waals surface area contributed by atoms with E-state index in [9.17, 15) is 4.79 Å². The van der Waals surface area contributed by atoms with Crippen LogP contribution in [0.5, 0.6) is 0 Å². The van der Waals surface area contributed by atoms with Crippen molar-refractivity contribution in [3.8, 4) is 11.3 Å². The highest BCUT2D eigenvalue weighted by molar-refractivity contribution is 7.14. The molecule has 15 heavy (non-hydrogen) atoms. The van der Waals surface area contributed by atoms with E-state index >= 15 is 0 Å². The zero-order valence-electron chi connectivity index (χ0n) is 8.61. The van der Waals surface area contributed by atoms with Gasteiger partial charge in [0.2, 0.25) is 0 Å². The van der Waals surface area contributed by atoms with Crippen LogP contribution in [0.25, 0.3) is 11.3 Å². The van der Waals surface area contributed by atoms with E-state index in [2.05, 4.69) is 11.9 Å². The SMILES string of the molecule is CCc1sc(C=O)cc1-c1cnc(C)o1. The van der Waals surface area contributed by atoms with Gasteiger partial charge in [0.1, 0.15) is 0 Å². The van der Waals surface area contributed by atoms with Crippen LogP contribution in [0.2, 0.25) is 0 Å². The van der Waals surface area contributed by atoms with Crippen LogP contribution in [0.4, 0.5) is 0 Å². The van der Waals surface area contributed by atoms with Crippen LogP contribution in [0.3, 0.4) is 0 Å². The molecule has 0 aliphatic heterocycles. The molecular formula is C11H11NO2S. The molecule has 4 heteroatoms. The van der Waals surface area contributed by atoms with Crippen LogP contribution >= 0.6 is 11.3 Å². The van der Waals surface area contributed by atoms with Crippen LogP contribution < -0.4 is 0 Å². The standard InChI is InChI=1S/C11H11NO2S/c1-3-11-9(4-8(6-13)15-11)10-5-12-7(2)14-10/h4-6H,3H2,1-2H3. The summed E-state index contributed by atoms with van der Waals surface area (Å²) in [5.41, 5.74) is 0.991. The van der Waals surface area contributed by atoms with Gasteiger partial charge >= 0.3 is 0 Å². The molecule has 0 saturated carbocycles.